The summed E-state index contributed by atoms with van der Waals surface area (Å²) in [6.45, 7) is 0.959. The number of unbranched alkanes of at least 4 members (excludes halogenated alkanes) is 2. The second-order valence-corrected chi connectivity index (χ2v) is 2.24. The van der Waals surface area contributed by atoms with Crippen LogP contribution in [0.2, 0.25) is 0 Å². The molecule has 0 aliphatic heterocycles. The van der Waals surface area contributed by atoms with Gasteiger partial charge in [-0.05, 0) is 19.3 Å². The highest BCUT2D eigenvalue weighted by Crippen LogP contribution is 1.98. The van der Waals surface area contributed by atoms with E-state index in [1.807, 2.05) is 0 Å². The number of carbonyl (C=O) groups excluding carboxylic acids is 1. The van der Waals surface area contributed by atoms with Crippen molar-refractivity contribution in [3.05, 3.63) is 0 Å². The summed E-state index contributed by atoms with van der Waals surface area (Å²) >= 11 is 0. The van der Waals surface area contributed by atoms with Gasteiger partial charge < -0.3 is 22.9 Å². The lowest BCUT2D eigenvalue weighted by Crippen LogP contribution is -3.00. The lowest BCUT2D eigenvalue weighted by atomic mass is 10.2. The van der Waals surface area contributed by atoms with Gasteiger partial charge >= 0.3 is 5.97 Å². The first-order valence-corrected chi connectivity index (χ1v) is 3.67. The van der Waals surface area contributed by atoms with Crippen LogP contribution >= 0.6 is 0 Å². The second-order valence-electron chi connectivity index (χ2n) is 2.24. The number of methoxy groups -OCH3 is 1. The molecule has 11 heavy (non-hydrogen) atoms. The highest BCUT2D eigenvalue weighted by molar-refractivity contribution is 5.68. The number of esters is 1. The second kappa shape index (κ2) is 9.72. The molecule has 0 fully saturated rings. The molecule has 0 radical (unpaired) electrons. The molecule has 0 aromatic carbocycles. The van der Waals surface area contributed by atoms with Gasteiger partial charge in [0.25, 0.3) is 0 Å². The SMILES string of the molecule is COC(=O)CCCCC[NH3+].[Cl-]. The van der Waals surface area contributed by atoms with Crippen molar-refractivity contribution in [3.63, 3.8) is 0 Å². The molecule has 0 aromatic heterocycles. The van der Waals surface area contributed by atoms with Gasteiger partial charge in [-0.2, -0.15) is 0 Å². The first-order chi connectivity index (χ1) is 4.81. The quantitative estimate of drug-likeness (QED) is 0.363. The molecule has 0 aliphatic rings. The molecule has 0 rings (SSSR count). The van der Waals surface area contributed by atoms with Crippen LogP contribution in [-0.4, -0.2) is 19.6 Å². The molecule has 3 N–H and O–H groups in total. The summed E-state index contributed by atoms with van der Waals surface area (Å²) in [6.07, 6.45) is 3.67. The Bertz CT molecular complexity index is 98.4. The highest BCUT2D eigenvalue weighted by atomic mass is 35.5. The van der Waals surface area contributed by atoms with Crippen LogP contribution in [0.4, 0.5) is 0 Å². The molecule has 0 bridgehead atoms. The van der Waals surface area contributed by atoms with Crippen molar-refractivity contribution in [2.24, 2.45) is 0 Å². The van der Waals surface area contributed by atoms with E-state index >= 15 is 0 Å². The third kappa shape index (κ3) is 9.72. The summed E-state index contributed by atoms with van der Waals surface area (Å²) in [6, 6.07) is 0. The maximum absolute atomic E-state index is 10.5. The van der Waals surface area contributed by atoms with Gasteiger partial charge in [-0.15, -0.1) is 0 Å². The molecule has 68 valence electrons. The lowest BCUT2D eigenvalue weighted by Gasteiger charge is -1.96. The van der Waals surface area contributed by atoms with Crippen molar-refractivity contribution >= 4 is 5.97 Å². The minimum absolute atomic E-state index is 0. The fraction of sp³-hybridized carbons (Fsp3) is 0.857. The van der Waals surface area contributed by atoms with E-state index in [2.05, 4.69) is 10.5 Å². The zero-order chi connectivity index (χ0) is 7.82. The van der Waals surface area contributed by atoms with Crippen LogP contribution in [0.1, 0.15) is 25.7 Å². The van der Waals surface area contributed by atoms with Crippen molar-refractivity contribution in [2.75, 3.05) is 13.7 Å². The van der Waals surface area contributed by atoms with E-state index in [9.17, 15) is 4.79 Å². The summed E-state index contributed by atoms with van der Waals surface area (Å²) in [4.78, 5) is 10.5. The molecule has 0 saturated carbocycles. The van der Waals surface area contributed by atoms with E-state index < -0.39 is 0 Å². The van der Waals surface area contributed by atoms with Gasteiger partial charge in [-0.1, -0.05) is 0 Å². The van der Waals surface area contributed by atoms with E-state index in [0.717, 1.165) is 25.8 Å². The molecule has 0 spiro atoms. The van der Waals surface area contributed by atoms with E-state index in [1.165, 1.54) is 7.11 Å². The number of halogens is 1. The number of hydrogen-bond acceptors (Lipinski definition) is 2. The minimum Gasteiger partial charge on any atom is -1.00 e. The average Bonchev–Trinajstić information content (AvgIpc) is 1.98. The molecule has 3 nitrogen and oxygen atoms in total. The zero-order valence-corrected chi connectivity index (χ0v) is 7.69. The molecule has 0 aromatic rings. The van der Waals surface area contributed by atoms with Gasteiger partial charge in [0, 0.05) is 6.42 Å². The first kappa shape index (κ1) is 13.3. The summed E-state index contributed by atoms with van der Waals surface area (Å²) in [5.74, 6) is -0.107. The Morgan fingerprint density at radius 2 is 2.00 bits per heavy atom. The first-order valence-electron chi connectivity index (χ1n) is 3.67. The molecule has 0 heterocycles. The zero-order valence-electron chi connectivity index (χ0n) is 6.94. The summed E-state index contributed by atoms with van der Waals surface area (Å²) in [7, 11) is 1.42. The number of rotatable bonds is 5. The molecule has 0 aliphatic carbocycles. The van der Waals surface area contributed by atoms with Crippen molar-refractivity contribution < 1.29 is 27.7 Å². The predicted molar refractivity (Wildman–Crippen MR) is 38.2 cm³/mol. The van der Waals surface area contributed by atoms with Crippen molar-refractivity contribution in [1.82, 2.24) is 0 Å². The monoisotopic (exact) mass is 181 g/mol. The largest absolute Gasteiger partial charge is 1.00 e. The standard InChI is InChI=1S/C7H15NO2.ClH/c1-10-7(9)5-3-2-4-6-8;/h2-6,8H2,1H3;1H. The maximum atomic E-state index is 10.5. The van der Waals surface area contributed by atoms with Crippen LogP contribution in [-0.2, 0) is 9.53 Å². The van der Waals surface area contributed by atoms with Crippen LogP contribution in [0.5, 0.6) is 0 Å². The average molecular weight is 182 g/mol. The van der Waals surface area contributed by atoms with Gasteiger partial charge in [-0.25, -0.2) is 0 Å². The molecule has 0 saturated heterocycles. The van der Waals surface area contributed by atoms with Crippen LogP contribution in [0.25, 0.3) is 0 Å². The van der Waals surface area contributed by atoms with Gasteiger partial charge in [0.2, 0.25) is 0 Å². The summed E-state index contributed by atoms with van der Waals surface area (Å²) in [5, 5.41) is 0. The van der Waals surface area contributed by atoms with Crippen LogP contribution < -0.4 is 18.1 Å². The van der Waals surface area contributed by atoms with E-state index in [0.29, 0.717) is 6.42 Å². The van der Waals surface area contributed by atoms with Crippen molar-refractivity contribution in [3.8, 4) is 0 Å². The van der Waals surface area contributed by atoms with E-state index in [-0.39, 0.29) is 18.4 Å². The number of hydrogen-bond donors (Lipinski definition) is 1. The summed E-state index contributed by atoms with van der Waals surface area (Å²) < 4.78 is 4.48. The van der Waals surface area contributed by atoms with Crippen LogP contribution in [0.3, 0.4) is 0 Å². The third-order valence-electron chi connectivity index (χ3n) is 1.36. The van der Waals surface area contributed by atoms with Crippen molar-refractivity contribution in [1.29, 1.82) is 0 Å². The Hall–Kier alpha value is -0.280. The number of carbonyl (C=O) groups is 1. The maximum Gasteiger partial charge on any atom is 0.305 e. The van der Waals surface area contributed by atoms with Crippen molar-refractivity contribution in [2.45, 2.75) is 25.7 Å². The fourth-order valence-corrected chi connectivity index (χ4v) is 0.725. The Kier molecular flexibility index (Phi) is 11.8. The smallest absolute Gasteiger partial charge is 0.305 e. The lowest BCUT2D eigenvalue weighted by molar-refractivity contribution is -0.368. The highest BCUT2D eigenvalue weighted by Gasteiger charge is 1.97. The molecular formula is C7H16ClNO2. The van der Waals surface area contributed by atoms with E-state index in [1.54, 1.807) is 0 Å². The Morgan fingerprint density at radius 3 is 2.45 bits per heavy atom. The summed E-state index contributed by atoms with van der Waals surface area (Å²) in [5.41, 5.74) is 3.71. The minimum atomic E-state index is -0.107. The van der Waals surface area contributed by atoms with Crippen LogP contribution in [0.15, 0.2) is 0 Å². The Labute approximate surface area is 73.7 Å². The van der Waals surface area contributed by atoms with E-state index in [4.69, 9.17) is 0 Å². The number of ether oxygens (including phenoxy) is 1. The van der Waals surface area contributed by atoms with Crippen LogP contribution in [0, 0.1) is 0 Å². The molecule has 0 amide bonds. The number of quaternary nitrogens is 1. The Morgan fingerprint density at radius 1 is 1.36 bits per heavy atom. The normalized spacial score (nSPS) is 8.55. The third-order valence-corrected chi connectivity index (χ3v) is 1.36. The van der Waals surface area contributed by atoms with Gasteiger partial charge in [0.1, 0.15) is 0 Å². The molecular weight excluding hydrogens is 166 g/mol. The fourth-order valence-electron chi connectivity index (χ4n) is 0.725. The topological polar surface area (TPSA) is 53.9 Å². The Balaban J connectivity index is 0. The van der Waals surface area contributed by atoms with Gasteiger partial charge in [-0.3, -0.25) is 4.79 Å². The predicted octanol–water partition coefficient (Wildman–Crippen LogP) is -3.03. The molecule has 0 unspecified atom stereocenters. The van der Waals surface area contributed by atoms with Gasteiger partial charge in [0.15, 0.2) is 0 Å². The molecule has 0 atom stereocenters. The van der Waals surface area contributed by atoms with Gasteiger partial charge in [0.05, 0.1) is 13.7 Å². The molecule has 4 heteroatoms.